The number of nitrogens with zero attached hydrogens (tertiary/aromatic N) is 3. The number of benzene rings is 1. The average molecular weight is 404 g/mol. The van der Waals surface area contributed by atoms with Gasteiger partial charge in [0, 0.05) is 31.6 Å². The number of piperidine rings is 1. The lowest BCUT2D eigenvalue weighted by Crippen LogP contribution is -2.48. The largest absolute Gasteiger partial charge is 0.340 e. The van der Waals surface area contributed by atoms with Crippen molar-refractivity contribution in [2.24, 2.45) is 5.92 Å². The van der Waals surface area contributed by atoms with Crippen molar-refractivity contribution >= 4 is 15.9 Å². The second kappa shape index (κ2) is 9.06. The second-order valence-electron chi connectivity index (χ2n) is 7.70. The summed E-state index contributed by atoms with van der Waals surface area (Å²) in [6.07, 6.45) is 6.86. The lowest BCUT2D eigenvalue weighted by Gasteiger charge is -2.38. The molecule has 2 aliphatic rings. The molecule has 0 bridgehead atoms. The van der Waals surface area contributed by atoms with Crippen LogP contribution in [-0.4, -0.2) is 49.2 Å². The number of sulfonamides is 1. The quantitative estimate of drug-likeness (QED) is 0.756. The number of rotatable bonds is 5. The Balaban J connectivity index is 1.66. The van der Waals surface area contributed by atoms with E-state index in [1.807, 2.05) is 17.9 Å². The van der Waals surface area contributed by atoms with E-state index in [0.29, 0.717) is 32.0 Å². The Labute approximate surface area is 168 Å². The molecular formula is C21H29N3O3S. The standard InChI is InChI=1S/C21H29N3O3S/c1-2-24(19-9-4-3-5-10-19)21(25)17-12-14-23(15-13-17)28(26,27)20-11-7-6-8-18(20)16-22/h6-8,11,17,19H,2-5,9-10,12-15H2,1H3. The zero-order valence-electron chi connectivity index (χ0n) is 16.5. The lowest BCUT2D eigenvalue weighted by molar-refractivity contribution is -0.139. The van der Waals surface area contributed by atoms with Crippen LogP contribution >= 0.6 is 0 Å². The minimum Gasteiger partial charge on any atom is -0.340 e. The molecule has 1 aliphatic carbocycles. The predicted molar refractivity (Wildman–Crippen MR) is 107 cm³/mol. The number of carbonyl (C=O) groups is 1. The van der Waals surface area contributed by atoms with Gasteiger partial charge in [-0.05, 0) is 44.7 Å². The predicted octanol–water partition coefficient (Wildman–Crippen LogP) is 3.14. The van der Waals surface area contributed by atoms with E-state index in [-0.39, 0.29) is 22.3 Å². The average Bonchev–Trinajstić information content (AvgIpc) is 2.75. The van der Waals surface area contributed by atoms with Gasteiger partial charge in [-0.25, -0.2) is 8.42 Å². The van der Waals surface area contributed by atoms with Crippen molar-refractivity contribution in [1.82, 2.24) is 9.21 Å². The summed E-state index contributed by atoms with van der Waals surface area (Å²) in [5.41, 5.74) is 0.162. The third-order valence-electron chi connectivity index (χ3n) is 6.07. The Bertz CT molecular complexity index is 833. The molecule has 1 saturated heterocycles. The van der Waals surface area contributed by atoms with Crippen LogP contribution in [0.25, 0.3) is 0 Å². The van der Waals surface area contributed by atoms with Crippen LogP contribution in [0.2, 0.25) is 0 Å². The highest BCUT2D eigenvalue weighted by molar-refractivity contribution is 7.89. The molecule has 0 N–H and O–H groups in total. The fraction of sp³-hybridized carbons (Fsp3) is 0.619. The van der Waals surface area contributed by atoms with Gasteiger partial charge < -0.3 is 4.90 Å². The molecule has 1 aliphatic heterocycles. The van der Waals surface area contributed by atoms with Gasteiger partial charge in [0.2, 0.25) is 15.9 Å². The van der Waals surface area contributed by atoms with E-state index in [4.69, 9.17) is 0 Å². The van der Waals surface area contributed by atoms with Crippen LogP contribution < -0.4 is 0 Å². The van der Waals surface area contributed by atoms with Gasteiger partial charge in [0.25, 0.3) is 0 Å². The maximum absolute atomic E-state index is 13.1. The van der Waals surface area contributed by atoms with Crippen LogP contribution in [0.3, 0.4) is 0 Å². The highest BCUT2D eigenvalue weighted by Gasteiger charge is 2.36. The van der Waals surface area contributed by atoms with Gasteiger partial charge in [-0.15, -0.1) is 0 Å². The van der Waals surface area contributed by atoms with Gasteiger partial charge in [0.05, 0.1) is 10.5 Å². The van der Waals surface area contributed by atoms with Crippen molar-refractivity contribution in [1.29, 1.82) is 5.26 Å². The summed E-state index contributed by atoms with van der Waals surface area (Å²) < 4.78 is 27.3. The van der Waals surface area contributed by atoms with Crippen molar-refractivity contribution in [3.8, 4) is 6.07 Å². The third kappa shape index (κ3) is 4.23. The molecule has 152 valence electrons. The van der Waals surface area contributed by atoms with Crippen molar-refractivity contribution in [3.05, 3.63) is 29.8 Å². The van der Waals surface area contributed by atoms with Gasteiger partial charge in [0.15, 0.2) is 0 Å². The van der Waals surface area contributed by atoms with Crippen LogP contribution in [0.4, 0.5) is 0 Å². The molecule has 0 spiro atoms. The smallest absolute Gasteiger partial charge is 0.244 e. The minimum atomic E-state index is -3.71. The van der Waals surface area contributed by atoms with Gasteiger partial charge in [-0.3, -0.25) is 4.79 Å². The highest BCUT2D eigenvalue weighted by Crippen LogP contribution is 2.29. The van der Waals surface area contributed by atoms with Crippen LogP contribution in [0.15, 0.2) is 29.2 Å². The molecule has 3 rings (SSSR count). The van der Waals surface area contributed by atoms with E-state index in [2.05, 4.69) is 0 Å². The Hall–Kier alpha value is -1.91. The molecule has 1 saturated carbocycles. The maximum atomic E-state index is 13.1. The van der Waals surface area contributed by atoms with E-state index in [9.17, 15) is 18.5 Å². The normalized spacial score (nSPS) is 19.9. The molecule has 28 heavy (non-hydrogen) atoms. The fourth-order valence-corrected chi connectivity index (χ4v) is 6.10. The summed E-state index contributed by atoms with van der Waals surface area (Å²) in [6, 6.07) is 8.59. The Kier molecular flexibility index (Phi) is 6.73. The first-order valence-electron chi connectivity index (χ1n) is 10.3. The second-order valence-corrected chi connectivity index (χ2v) is 9.61. The summed E-state index contributed by atoms with van der Waals surface area (Å²) >= 11 is 0. The first-order chi connectivity index (χ1) is 13.5. The molecule has 0 atom stereocenters. The number of carbonyl (C=O) groups excluding carboxylic acids is 1. The fourth-order valence-electron chi connectivity index (χ4n) is 4.49. The topological polar surface area (TPSA) is 81.5 Å². The van der Waals surface area contributed by atoms with E-state index < -0.39 is 10.0 Å². The molecule has 2 fully saturated rings. The molecule has 1 amide bonds. The van der Waals surface area contributed by atoms with Gasteiger partial charge in [-0.1, -0.05) is 31.4 Å². The summed E-state index contributed by atoms with van der Waals surface area (Å²) in [4.78, 5) is 15.2. The molecule has 7 heteroatoms. The first-order valence-corrected chi connectivity index (χ1v) is 11.7. The van der Waals surface area contributed by atoms with E-state index >= 15 is 0 Å². The van der Waals surface area contributed by atoms with E-state index in [1.54, 1.807) is 12.1 Å². The van der Waals surface area contributed by atoms with Crippen molar-refractivity contribution in [2.45, 2.75) is 62.8 Å². The maximum Gasteiger partial charge on any atom is 0.244 e. The zero-order valence-corrected chi connectivity index (χ0v) is 17.3. The molecule has 1 heterocycles. The lowest BCUT2D eigenvalue weighted by atomic mass is 9.91. The molecule has 1 aromatic rings. The number of nitriles is 1. The summed E-state index contributed by atoms with van der Waals surface area (Å²) in [6.45, 7) is 3.39. The van der Waals surface area contributed by atoms with Crippen LogP contribution in [-0.2, 0) is 14.8 Å². The SMILES string of the molecule is CCN(C(=O)C1CCN(S(=O)(=O)c2ccccc2C#N)CC1)C1CCCCC1. The summed E-state index contributed by atoms with van der Waals surface area (Å²) in [5.74, 6) is 0.0726. The minimum absolute atomic E-state index is 0.0552. The van der Waals surface area contributed by atoms with Crippen LogP contribution in [0.1, 0.15) is 57.4 Å². The van der Waals surface area contributed by atoms with Crippen molar-refractivity contribution in [2.75, 3.05) is 19.6 Å². The first kappa shape index (κ1) is 20.8. The number of amides is 1. The molecule has 0 aromatic heterocycles. The number of hydrogen-bond acceptors (Lipinski definition) is 4. The number of hydrogen-bond donors (Lipinski definition) is 0. The third-order valence-corrected chi connectivity index (χ3v) is 8.02. The molecular weight excluding hydrogens is 374 g/mol. The molecule has 0 radical (unpaired) electrons. The van der Waals surface area contributed by atoms with Gasteiger partial charge in [-0.2, -0.15) is 9.57 Å². The summed E-state index contributed by atoms with van der Waals surface area (Å²) in [5, 5.41) is 9.22. The zero-order chi connectivity index (χ0) is 20.1. The monoisotopic (exact) mass is 403 g/mol. The molecule has 0 unspecified atom stereocenters. The Morgan fingerprint density at radius 1 is 1.14 bits per heavy atom. The Morgan fingerprint density at radius 2 is 1.79 bits per heavy atom. The van der Waals surface area contributed by atoms with E-state index in [0.717, 1.165) is 19.4 Å². The van der Waals surface area contributed by atoms with Crippen molar-refractivity contribution < 1.29 is 13.2 Å². The molecule has 1 aromatic carbocycles. The van der Waals surface area contributed by atoms with Gasteiger partial charge >= 0.3 is 0 Å². The van der Waals surface area contributed by atoms with Crippen LogP contribution in [0, 0.1) is 17.2 Å². The molecule has 6 nitrogen and oxygen atoms in total. The summed E-state index contributed by atoms with van der Waals surface area (Å²) in [7, 11) is -3.71. The van der Waals surface area contributed by atoms with Crippen molar-refractivity contribution in [3.63, 3.8) is 0 Å². The van der Waals surface area contributed by atoms with E-state index in [1.165, 1.54) is 35.7 Å². The van der Waals surface area contributed by atoms with Crippen LogP contribution in [0.5, 0.6) is 0 Å². The highest BCUT2D eigenvalue weighted by atomic mass is 32.2. The van der Waals surface area contributed by atoms with Gasteiger partial charge in [0.1, 0.15) is 6.07 Å². The Morgan fingerprint density at radius 3 is 2.39 bits per heavy atom.